The van der Waals surface area contributed by atoms with Crippen LogP contribution in [0.15, 0.2) is 59.1 Å². The average Bonchev–Trinajstić information content (AvgIpc) is 3.32. The van der Waals surface area contributed by atoms with Gasteiger partial charge in [-0.3, -0.25) is 0 Å². The Hall–Kier alpha value is -3.37. The van der Waals surface area contributed by atoms with E-state index in [-0.39, 0.29) is 4.90 Å². The number of aliphatic carboxylic acids is 1. The molecule has 146 valence electrons. The van der Waals surface area contributed by atoms with E-state index in [2.05, 4.69) is 6.07 Å². The first-order valence-electron chi connectivity index (χ1n) is 9.16. The lowest BCUT2D eigenvalue weighted by Gasteiger charge is -2.08. The van der Waals surface area contributed by atoms with Gasteiger partial charge < -0.3 is 5.11 Å². The van der Waals surface area contributed by atoms with Crippen molar-refractivity contribution < 1.29 is 18.3 Å². The summed E-state index contributed by atoms with van der Waals surface area (Å²) >= 11 is 0. The quantitative estimate of drug-likeness (QED) is 0.704. The van der Waals surface area contributed by atoms with Crippen LogP contribution in [0.2, 0.25) is 0 Å². The Morgan fingerprint density at radius 3 is 2.52 bits per heavy atom. The summed E-state index contributed by atoms with van der Waals surface area (Å²) in [6, 6.07) is 13.4. The molecule has 0 unspecified atom stereocenters. The summed E-state index contributed by atoms with van der Waals surface area (Å²) in [4.78, 5) is 11.8. The van der Waals surface area contributed by atoms with Crippen LogP contribution in [-0.2, 0) is 14.8 Å². The second kappa shape index (κ2) is 6.90. The molecular weight excluding hydrogens is 388 g/mol. The topological polar surface area (TPSA) is 100 Å². The van der Waals surface area contributed by atoms with Crippen molar-refractivity contribution in [1.29, 1.82) is 5.26 Å². The summed E-state index contributed by atoms with van der Waals surface area (Å²) in [5.41, 5.74) is 3.25. The highest BCUT2D eigenvalue weighted by atomic mass is 32.2. The van der Waals surface area contributed by atoms with E-state index in [1.807, 2.05) is 6.92 Å². The molecule has 4 rings (SSSR count). The van der Waals surface area contributed by atoms with Gasteiger partial charge in [-0.1, -0.05) is 17.7 Å². The molecular formula is C22H18N2O4S. The van der Waals surface area contributed by atoms with E-state index in [9.17, 15) is 23.6 Å². The van der Waals surface area contributed by atoms with E-state index in [4.69, 9.17) is 0 Å². The monoisotopic (exact) mass is 406 g/mol. The standard InChI is InChI=1S/C22H18N2O4S/c1-14-5-8-16(9-6-14)29(27,28)24-13-20(17-3-2-4-18(17)22(25)26)19-11-15(12-23)7-10-21(19)24/h5-11,13H,2-4H2,1H3,(H,25,26). The molecule has 1 aromatic heterocycles. The third-order valence-corrected chi connectivity index (χ3v) is 6.97. The Labute approximate surface area is 168 Å². The van der Waals surface area contributed by atoms with Crippen LogP contribution < -0.4 is 0 Å². The van der Waals surface area contributed by atoms with E-state index in [1.165, 1.54) is 10.2 Å². The maximum atomic E-state index is 13.3. The second-order valence-corrected chi connectivity index (χ2v) is 8.93. The molecule has 7 heteroatoms. The molecule has 1 N–H and O–H groups in total. The number of fused-ring (bicyclic) bond motifs is 1. The van der Waals surface area contributed by atoms with Gasteiger partial charge in [0.1, 0.15) is 0 Å². The zero-order chi connectivity index (χ0) is 20.8. The number of hydrogen-bond donors (Lipinski definition) is 1. The van der Waals surface area contributed by atoms with Crippen LogP contribution in [-0.4, -0.2) is 23.5 Å². The summed E-state index contributed by atoms with van der Waals surface area (Å²) in [5, 5.41) is 19.4. The predicted octanol–water partition coefficient (Wildman–Crippen LogP) is 4.08. The maximum absolute atomic E-state index is 13.3. The molecule has 29 heavy (non-hydrogen) atoms. The fourth-order valence-electron chi connectivity index (χ4n) is 3.81. The number of rotatable bonds is 4. The molecule has 0 bridgehead atoms. The van der Waals surface area contributed by atoms with Crippen molar-refractivity contribution >= 4 is 32.5 Å². The van der Waals surface area contributed by atoms with Crippen LogP contribution in [0, 0.1) is 18.3 Å². The summed E-state index contributed by atoms with van der Waals surface area (Å²) in [5.74, 6) is -0.990. The summed E-state index contributed by atoms with van der Waals surface area (Å²) in [6.45, 7) is 1.88. The van der Waals surface area contributed by atoms with Gasteiger partial charge in [-0.15, -0.1) is 0 Å². The van der Waals surface area contributed by atoms with E-state index >= 15 is 0 Å². The molecule has 1 aliphatic rings. The average molecular weight is 406 g/mol. The fourth-order valence-corrected chi connectivity index (χ4v) is 5.18. The number of carboxylic acid groups (broad SMARTS) is 1. The van der Waals surface area contributed by atoms with Gasteiger partial charge in [-0.25, -0.2) is 17.2 Å². The zero-order valence-corrected chi connectivity index (χ0v) is 16.5. The lowest BCUT2D eigenvalue weighted by molar-refractivity contribution is -0.132. The Morgan fingerprint density at radius 2 is 1.86 bits per heavy atom. The number of carbonyl (C=O) groups is 1. The summed E-state index contributed by atoms with van der Waals surface area (Å²) in [6.07, 6.45) is 3.19. The van der Waals surface area contributed by atoms with Crippen molar-refractivity contribution in [3.63, 3.8) is 0 Å². The van der Waals surface area contributed by atoms with Gasteiger partial charge >= 0.3 is 5.97 Å². The third-order valence-electron chi connectivity index (χ3n) is 5.28. The molecule has 0 radical (unpaired) electrons. The van der Waals surface area contributed by atoms with Gasteiger partial charge in [0, 0.05) is 22.7 Å². The Bertz CT molecular complexity index is 1320. The molecule has 2 aromatic carbocycles. The molecule has 0 atom stereocenters. The van der Waals surface area contributed by atoms with Crippen LogP contribution >= 0.6 is 0 Å². The Balaban J connectivity index is 2.02. The van der Waals surface area contributed by atoms with Crippen LogP contribution in [0.25, 0.3) is 16.5 Å². The summed E-state index contributed by atoms with van der Waals surface area (Å²) in [7, 11) is -3.88. The highest BCUT2D eigenvalue weighted by molar-refractivity contribution is 7.90. The minimum atomic E-state index is -3.88. The predicted molar refractivity (Wildman–Crippen MR) is 109 cm³/mol. The van der Waals surface area contributed by atoms with Crippen molar-refractivity contribution in [2.75, 3.05) is 0 Å². The molecule has 0 aliphatic heterocycles. The second-order valence-electron chi connectivity index (χ2n) is 7.12. The van der Waals surface area contributed by atoms with Gasteiger partial charge in [0.2, 0.25) is 0 Å². The van der Waals surface area contributed by atoms with Gasteiger partial charge in [0.05, 0.1) is 22.0 Å². The highest BCUT2D eigenvalue weighted by Gasteiger charge is 2.27. The first-order chi connectivity index (χ1) is 13.8. The van der Waals surface area contributed by atoms with Crippen LogP contribution in [0.4, 0.5) is 0 Å². The molecule has 0 fully saturated rings. The minimum Gasteiger partial charge on any atom is -0.478 e. The molecule has 0 amide bonds. The minimum absolute atomic E-state index is 0.148. The highest BCUT2D eigenvalue weighted by Crippen LogP contribution is 2.39. The largest absolute Gasteiger partial charge is 0.478 e. The number of nitriles is 1. The first-order valence-corrected chi connectivity index (χ1v) is 10.6. The summed E-state index contributed by atoms with van der Waals surface area (Å²) < 4.78 is 27.8. The molecule has 1 heterocycles. The van der Waals surface area contributed by atoms with E-state index in [0.717, 1.165) is 5.56 Å². The van der Waals surface area contributed by atoms with Gasteiger partial charge in [0.25, 0.3) is 10.0 Å². The number of nitrogens with zero attached hydrogens (tertiary/aromatic N) is 2. The molecule has 0 spiro atoms. The number of carboxylic acids is 1. The number of benzene rings is 2. The van der Waals surface area contributed by atoms with Crippen LogP contribution in [0.1, 0.15) is 36.0 Å². The van der Waals surface area contributed by atoms with Crippen molar-refractivity contribution in [2.24, 2.45) is 0 Å². The number of allylic oxidation sites excluding steroid dienone is 1. The lowest BCUT2D eigenvalue weighted by Crippen LogP contribution is -2.11. The zero-order valence-electron chi connectivity index (χ0n) is 15.7. The maximum Gasteiger partial charge on any atom is 0.331 e. The van der Waals surface area contributed by atoms with Crippen molar-refractivity contribution in [2.45, 2.75) is 31.1 Å². The molecule has 1 aliphatic carbocycles. The Morgan fingerprint density at radius 1 is 1.14 bits per heavy atom. The SMILES string of the molecule is Cc1ccc(S(=O)(=O)n2cc(C3=C(C(=O)O)CCC3)c3cc(C#N)ccc32)cc1. The first kappa shape index (κ1) is 19.0. The smallest absolute Gasteiger partial charge is 0.331 e. The molecule has 3 aromatic rings. The Kier molecular flexibility index (Phi) is 4.52. The molecule has 0 saturated heterocycles. The van der Waals surface area contributed by atoms with E-state index < -0.39 is 16.0 Å². The van der Waals surface area contributed by atoms with Gasteiger partial charge in [0.15, 0.2) is 0 Å². The fraction of sp³-hybridized carbons (Fsp3) is 0.182. The number of aromatic nitrogens is 1. The number of hydrogen-bond acceptors (Lipinski definition) is 4. The van der Waals surface area contributed by atoms with Crippen molar-refractivity contribution in [3.8, 4) is 6.07 Å². The van der Waals surface area contributed by atoms with Crippen molar-refractivity contribution in [3.05, 3.63) is 70.9 Å². The van der Waals surface area contributed by atoms with E-state index in [1.54, 1.807) is 42.5 Å². The third kappa shape index (κ3) is 3.12. The van der Waals surface area contributed by atoms with Crippen molar-refractivity contribution in [1.82, 2.24) is 3.97 Å². The van der Waals surface area contributed by atoms with Gasteiger partial charge in [-0.05, 0) is 62.1 Å². The van der Waals surface area contributed by atoms with Crippen LogP contribution in [0.5, 0.6) is 0 Å². The molecule has 0 saturated carbocycles. The van der Waals surface area contributed by atoms with Gasteiger partial charge in [-0.2, -0.15) is 5.26 Å². The molecule has 6 nitrogen and oxygen atoms in total. The normalized spacial score (nSPS) is 14.3. The van der Waals surface area contributed by atoms with E-state index in [0.29, 0.717) is 52.4 Å². The lowest BCUT2D eigenvalue weighted by atomic mass is 10.0. The number of aryl methyl sites for hydroxylation is 1. The van der Waals surface area contributed by atoms with Crippen LogP contribution in [0.3, 0.4) is 0 Å².